The molecule has 5 nitrogen and oxygen atoms in total. The molecule has 0 unspecified atom stereocenters. The molecular formula is C10H16N2O3. The molecule has 0 fully saturated rings. The second kappa shape index (κ2) is 4.46. The van der Waals surface area contributed by atoms with Gasteiger partial charge in [0, 0.05) is 0 Å². The lowest BCUT2D eigenvalue weighted by molar-refractivity contribution is -0.0227. The molecule has 0 aliphatic heterocycles. The Bertz CT molecular complexity index is 339. The third-order valence-electron chi connectivity index (χ3n) is 1.76. The number of carbonyl (C=O) groups excluding carboxylic acids is 1. The van der Waals surface area contributed by atoms with Crippen molar-refractivity contribution in [3.8, 4) is 0 Å². The summed E-state index contributed by atoms with van der Waals surface area (Å²) < 4.78 is 10.6. The molecule has 1 amide bonds. The minimum atomic E-state index is -0.378. The minimum absolute atomic E-state index is 0.249. The third kappa shape index (κ3) is 3.38. The van der Waals surface area contributed by atoms with Gasteiger partial charge in [0.05, 0.1) is 17.4 Å². The van der Waals surface area contributed by atoms with Gasteiger partial charge in [-0.1, -0.05) is 0 Å². The monoisotopic (exact) mass is 212 g/mol. The highest BCUT2D eigenvalue weighted by Crippen LogP contribution is 2.16. The van der Waals surface area contributed by atoms with Gasteiger partial charge in [0.1, 0.15) is 12.4 Å². The molecule has 0 bridgehead atoms. The maximum absolute atomic E-state index is 11.3. The zero-order valence-electron chi connectivity index (χ0n) is 9.16. The Balaban J connectivity index is 2.70. The van der Waals surface area contributed by atoms with E-state index < -0.39 is 0 Å². The first-order chi connectivity index (χ1) is 6.94. The molecule has 0 saturated carbocycles. The highest BCUT2D eigenvalue weighted by atomic mass is 16.5. The molecule has 0 saturated heterocycles. The van der Waals surface area contributed by atoms with Crippen LogP contribution in [0.4, 0.5) is 0 Å². The van der Waals surface area contributed by atoms with E-state index in [1.54, 1.807) is 6.07 Å². The van der Waals surface area contributed by atoms with Crippen LogP contribution in [0.25, 0.3) is 0 Å². The number of nitrogens with one attached hydrogen (secondary N) is 1. The Morgan fingerprint density at radius 2 is 2.27 bits per heavy atom. The SMILES string of the molecule is CC(C)(C)OCc1occc1C(=O)NN. The van der Waals surface area contributed by atoms with Crippen molar-refractivity contribution < 1.29 is 13.9 Å². The van der Waals surface area contributed by atoms with Crippen molar-refractivity contribution >= 4 is 5.91 Å². The second-order valence-corrected chi connectivity index (χ2v) is 4.13. The summed E-state index contributed by atoms with van der Waals surface area (Å²) in [5.74, 6) is 5.13. The largest absolute Gasteiger partial charge is 0.466 e. The summed E-state index contributed by atoms with van der Waals surface area (Å²) in [5.41, 5.74) is 2.18. The summed E-state index contributed by atoms with van der Waals surface area (Å²) in [5, 5.41) is 0. The van der Waals surface area contributed by atoms with Crippen molar-refractivity contribution in [1.82, 2.24) is 5.43 Å². The van der Waals surface area contributed by atoms with Gasteiger partial charge >= 0.3 is 0 Å². The number of furan rings is 1. The van der Waals surface area contributed by atoms with Crippen LogP contribution in [0.5, 0.6) is 0 Å². The van der Waals surface area contributed by atoms with E-state index >= 15 is 0 Å². The van der Waals surface area contributed by atoms with E-state index in [0.717, 1.165) is 0 Å². The van der Waals surface area contributed by atoms with Gasteiger partial charge in [-0.15, -0.1) is 0 Å². The minimum Gasteiger partial charge on any atom is -0.466 e. The zero-order valence-corrected chi connectivity index (χ0v) is 9.16. The predicted molar refractivity (Wildman–Crippen MR) is 54.9 cm³/mol. The van der Waals surface area contributed by atoms with Crippen molar-refractivity contribution in [2.75, 3.05) is 0 Å². The lowest BCUT2D eigenvalue weighted by atomic mass is 10.2. The summed E-state index contributed by atoms with van der Waals surface area (Å²) in [6, 6.07) is 1.56. The lowest BCUT2D eigenvalue weighted by Gasteiger charge is -2.18. The van der Waals surface area contributed by atoms with Gasteiger partial charge < -0.3 is 9.15 Å². The van der Waals surface area contributed by atoms with Crippen LogP contribution < -0.4 is 11.3 Å². The van der Waals surface area contributed by atoms with Crippen molar-refractivity contribution in [3.63, 3.8) is 0 Å². The van der Waals surface area contributed by atoms with Gasteiger partial charge in [0.25, 0.3) is 5.91 Å². The van der Waals surface area contributed by atoms with E-state index in [-0.39, 0.29) is 18.1 Å². The average Bonchev–Trinajstić information content (AvgIpc) is 2.60. The summed E-state index contributed by atoms with van der Waals surface area (Å²) >= 11 is 0. The van der Waals surface area contributed by atoms with E-state index in [0.29, 0.717) is 11.3 Å². The Kier molecular flexibility index (Phi) is 3.49. The summed E-state index contributed by atoms with van der Waals surface area (Å²) in [4.78, 5) is 11.3. The molecule has 0 aromatic carbocycles. The molecule has 0 atom stereocenters. The number of ether oxygens (including phenoxy) is 1. The van der Waals surface area contributed by atoms with Gasteiger partial charge in [0.15, 0.2) is 0 Å². The smallest absolute Gasteiger partial charge is 0.268 e. The summed E-state index contributed by atoms with van der Waals surface area (Å²) in [6.45, 7) is 6.04. The Labute approximate surface area is 88.6 Å². The fraction of sp³-hybridized carbons (Fsp3) is 0.500. The topological polar surface area (TPSA) is 77.5 Å². The average molecular weight is 212 g/mol. The van der Waals surface area contributed by atoms with Crippen LogP contribution in [0, 0.1) is 0 Å². The van der Waals surface area contributed by atoms with Crippen LogP contribution in [0.3, 0.4) is 0 Å². The van der Waals surface area contributed by atoms with Crippen molar-refractivity contribution in [2.24, 2.45) is 5.84 Å². The standard InChI is InChI=1S/C10H16N2O3/c1-10(2,3)15-6-8-7(4-5-14-8)9(13)12-11/h4-5H,6,11H2,1-3H3,(H,12,13). The third-order valence-corrected chi connectivity index (χ3v) is 1.76. The molecule has 3 N–H and O–H groups in total. The fourth-order valence-electron chi connectivity index (χ4n) is 1.01. The van der Waals surface area contributed by atoms with Crippen molar-refractivity contribution in [2.45, 2.75) is 33.0 Å². The van der Waals surface area contributed by atoms with E-state index in [2.05, 4.69) is 5.43 Å². The van der Waals surface area contributed by atoms with Crippen LogP contribution in [-0.4, -0.2) is 11.5 Å². The Morgan fingerprint density at radius 3 is 2.80 bits per heavy atom. The molecule has 84 valence electrons. The van der Waals surface area contributed by atoms with Gasteiger partial charge in [-0.05, 0) is 26.8 Å². The van der Waals surface area contributed by atoms with Gasteiger partial charge in [-0.2, -0.15) is 0 Å². The van der Waals surface area contributed by atoms with E-state index in [1.807, 2.05) is 20.8 Å². The first kappa shape index (κ1) is 11.7. The number of rotatable bonds is 3. The molecular weight excluding hydrogens is 196 g/mol. The van der Waals surface area contributed by atoms with Gasteiger partial charge in [-0.3, -0.25) is 10.2 Å². The molecule has 1 rings (SSSR count). The van der Waals surface area contributed by atoms with Crippen molar-refractivity contribution in [1.29, 1.82) is 0 Å². The highest BCUT2D eigenvalue weighted by Gasteiger charge is 2.17. The fourth-order valence-corrected chi connectivity index (χ4v) is 1.01. The first-order valence-corrected chi connectivity index (χ1v) is 4.65. The maximum Gasteiger partial charge on any atom is 0.268 e. The number of hydrogen-bond acceptors (Lipinski definition) is 4. The molecule has 0 aliphatic rings. The summed E-state index contributed by atoms with van der Waals surface area (Å²) in [6.07, 6.45) is 1.44. The molecule has 0 radical (unpaired) electrons. The number of nitrogen functional groups attached to an aromatic ring is 1. The van der Waals surface area contributed by atoms with Crippen LogP contribution in [0.15, 0.2) is 16.7 Å². The number of hydrazine groups is 1. The lowest BCUT2D eigenvalue weighted by Crippen LogP contribution is -2.30. The molecule has 0 spiro atoms. The quantitative estimate of drug-likeness (QED) is 0.448. The second-order valence-electron chi connectivity index (χ2n) is 4.13. The highest BCUT2D eigenvalue weighted by molar-refractivity contribution is 5.94. The molecule has 1 aromatic rings. The Hall–Kier alpha value is -1.33. The van der Waals surface area contributed by atoms with E-state index in [1.165, 1.54) is 6.26 Å². The summed E-state index contributed by atoms with van der Waals surface area (Å²) in [7, 11) is 0. The van der Waals surface area contributed by atoms with Gasteiger partial charge in [-0.25, -0.2) is 5.84 Å². The number of nitrogens with two attached hydrogens (primary N) is 1. The van der Waals surface area contributed by atoms with E-state index in [4.69, 9.17) is 15.0 Å². The number of amides is 1. The molecule has 5 heteroatoms. The molecule has 1 heterocycles. The number of hydrogen-bond donors (Lipinski definition) is 2. The molecule has 1 aromatic heterocycles. The van der Waals surface area contributed by atoms with Crippen LogP contribution in [0.2, 0.25) is 0 Å². The molecule has 15 heavy (non-hydrogen) atoms. The normalized spacial score (nSPS) is 11.5. The predicted octanol–water partition coefficient (Wildman–Crippen LogP) is 1.20. The Morgan fingerprint density at radius 1 is 1.60 bits per heavy atom. The van der Waals surface area contributed by atoms with Crippen molar-refractivity contribution in [3.05, 3.63) is 23.7 Å². The molecule has 0 aliphatic carbocycles. The van der Waals surface area contributed by atoms with Crippen LogP contribution in [0.1, 0.15) is 36.9 Å². The van der Waals surface area contributed by atoms with Crippen LogP contribution in [-0.2, 0) is 11.3 Å². The van der Waals surface area contributed by atoms with Crippen LogP contribution >= 0.6 is 0 Å². The van der Waals surface area contributed by atoms with E-state index in [9.17, 15) is 4.79 Å². The first-order valence-electron chi connectivity index (χ1n) is 4.65. The zero-order chi connectivity index (χ0) is 11.5. The maximum atomic E-state index is 11.3. The van der Waals surface area contributed by atoms with Gasteiger partial charge in [0.2, 0.25) is 0 Å². The number of carbonyl (C=O) groups is 1.